The third-order valence-electron chi connectivity index (χ3n) is 5.00. The second kappa shape index (κ2) is 9.07. The van der Waals surface area contributed by atoms with Crippen molar-refractivity contribution in [3.8, 4) is 5.75 Å². The molecule has 1 saturated heterocycles. The Morgan fingerprint density at radius 3 is 2.71 bits per heavy atom. The van der Waals surface area contributed by atoms with Gasteiger partial charge in [0.15, 0.2) is 0 Å². The standard InChI is InChI=1S/C20H32N2O2/c1-5-18(14-22-10-8-15(2)9-11-22)21-20(23)13-17-12-16(3)6-7-19(17)24-4/h6-7,12,15,18H,5,8-11,13-14H2,1-4H3,(H,21,23). The maximum Gasteiger partial charge on any atom is 0.224 e. The Morgan fingerprint density at radius 2 is 2.08 bits per heavy atom. The highest BCUT2D eigenvalue weighted by Gasteiger charge is 2.20. The summed E-state index contributed by atoms with van der Waals surface area (Å²) in [6.45, 7) is 9.77. The molecule has 1 fully saturated rings. The van der Waals surface area contributed by atoms with Crippen molar-refractivity contribution in [1.82, 2.24) is 10.2 Å². The van der Waals surface area contributed by atoms with Gasteiger partial charge < -0.3 is 15.0 Å². The molecule has 0 spiro atoms. The van der Waals surface area contributed by atoms with E-state index in [4.69, 9.17) is 4.74 Å². The molecule has 24 heavy (non-hydrogen) atoms. The molecule has 1 atom stereocenters. The van der Waals surface area contributed by atoms with E-state index in [-0.39, 0.29) is 11.9 Å². The Bertz CT molecular complexity index is 536. The van der Waals surface area contributed by atoms with Gasteiger partial charge in [0.25, 0.3) is 0 Å². The first kappa shape index (κ1) is 18.8. The quantitative estimate of drug-likeness (QED) is 0.834. The Kier molecular flexibility index (Phi) is 7.10. The lowest BCUT2D eigenvalue weighted by atomic mass is 9.98. The average Bonchev–Trinajstić information content (AvgIpc) is 2.56. The van der Waals surface area contributed by atoms with Crippen molar-refractivity contribution in [3.05, 3.63) is 29.3 Å². The van der Waals surface area contributed by atoms with Crippen LogP contribution in [0, 0.1) is 12.8 Å². The van der Waals surface area contributed by atoms with E-state index >= 15 is 0 Å². The molecule has 1 aliphatic rings. The number of amides is 1. The van der Waals surface area contributed by atoms with E-state index in [1.54, 1.807) is 7.11 Å². The minimum atomic E-state index is 0.0797. The van der Waals surface area contributed by atoms with Crippen molar-refractivity contribution in [1.29, 1.82) is 0 Å². The average molecular weight is 332 g/mol. The van der Waals surface area contributed by atoms with Crippen molar-refractivity contribution < 1.29 is 9.53 Å². The number of benzene rings is 1. The molecule has 0 saturated carbocycles. The van der Waals surface area contributed by atoms with Crippen molar-refractivity contribution in [2.45, 2.75) is 52.5 Å². The van der Waals surface area contributed by atoms with Crippen molar-refractivity contribution in [2.75, 3.05) is 26.7 Å². The molecule has 134 valence electrons. The van der Waals surface area contributed by atoms with Gasteiger partial charge >= 0.3 is 0 Å². The fourth-order valence-electron chi connectivity index (χ4n) is 3.33. The fourth-order valence-corrected chi connectivity index (χ4v) is 3.33. The number of methoxy groups -OCH3 is 1. The van der Waals surface area contributed by atoms with E-state index in [0.717, 1.165) is 48.8 Å². The molecule has 0 bridgehead atoms. The number of piperidine rings is 1. The molecule has 1 aliphatic heterocycles. The lowest BCUT2D eigenvalue weighted by molar-refractivity contribution is -0.121. The van der Waals surface area contributed by atoms with Crippen LogP contribution >= 0.6 is 0 Å². The van der Waals surface area contributed by atoms with Crippen LogP contribution < -0.4 is 10.1 Å². The largest absolute Gasteiger partial charge is 0.496 e. The summed E-state index contributed by atoms with van der Waals surface area (Å²) < 4.78 is 5.38. The zero-order chi connectivity index (χ0) is 17.5. The van der Waals surface area contributed by atoms with E-state index in [1.165, 1.54) is 12.8 Å². The Morgan fingerprint density at radius 1 is 1.38 bits per heavy atom. The molecule has 1 aromatic carbocycles. The highest BCUT2D eigenvalue weighted by atomic mass is 16.5. The predicted octanol–water partition coefficient (Wildman–Crippen LogP) is 3.17. The molecule has 1 heterocycles. The van der Waals surface area contributed by atoms with Gasteiger partial charge in [0.05, 0.1) is 13.5 Å². The first-order valence-corrected chi connectivity index (χ1v) is 9.17. The predicted molar refractivity (Wildman–Crippen MR) is 98.5 cm³/mol. The summed E-state index contributed by atoms with van der Waals surface area (Å²) in [6, 6.07) is 6.20. The van der Waals surface area contributed by atoms with Crippen LogP contribution in [0.3, 0.4) is 0 Å². The number of nitrogens with one attached hydrogen (secondary N) is 1. The third-order valence-corrected chi connectivity index (χ3v) is 5.00. The number of likely N-dealkylation sites (tertiary alicyclic amines) is 1. The SMILES string of the molecule is CCC(CN1CCC(C)CC1)NC(=O)Cc1cc(C)ccc1OC. The van der Waals surface area contributed by atoms with E-state index < -0.39 is 0 Å². The van der Waals surface area contributed by atoms with Crippen LogP contribution in [0.25, 0.3) is 0 Å². The molecule has 0 aliphatic carbocycles. The van der Waals surface area contributed by atoms with E-state index in [1.807, 2.05) is 25.1 Å². The minimum Gasteiger partial charge on any atom is -0.496 e. The number of carbonyl (C=O) groups is 1. The topological polar surface area (TPSA) is 41.6 Å². The van der Waals surface area contributed by atoms with Gasteiger partial charge in [-0.3, -0.25) is 4.79 Å². The number of hydrogen-bond donors (Lipinski definition) is 1. The van der Waals surface area contributed by atoms with Gasteiger partial charge in [0.2, 0.25) is 5.91 Å². The molecule has 1 aromatic rings. The summed E-state index contributed by atoms with van der Waals surface area (Å²) in [4.78, 5) is 15.0. The third kappa shape index (κ3) is 5.52. The molecule has 1 unspecified atom stereocenters. The second-order valence-corrected chi connectivity index (χ2v) is 7.15. The zero-order valence-corrected chi connectivity index (χ0v) is 15.6. The summed E-state index contributed by atoms with van der Waals surface area (Å²) in [5.74, 6) is 1.70. The smallest absolute Gasteiger partial charge is 0.224 e. The highest BCUT2D eigenvalue weighted by molar-refractivity contribution is 5.79. The van der Waals surface area contributed by atoms with Gasteiger partial charge in [-0.1, -0.05) is 31.5 Å². The Labute approximate surface area is 146 Å². The first-order chi connectivity index (χ1) is 11.5. The van der Waals surface area contributed by atoms with Gasteiger partial charge in [0.1, 0.15) is 5.75 Å². The van der Waals surface area contributed by atoms with Crippen LogP contribution in [-0.4, -0.2) is 43.6 Å². The fraction of sp³-hybridized carbons (Fsp3) is 0.650. The molecule has 1 N–H and O–H groups in total. The highest BCUT2D eigenvalue weighted by Crippen LogP contribution is 2.20. The van der Waals surface area contributed by atoms with Gasteiger partial charge in [0, 0.05) is 18.2 Å². The van der Waals surface area contributed by atoms with Gasteiger partial charge in [-0.25, -0.2) is 0 Å². The van der Waals surface area contributed by atoms with Gasteiger partial charge in [-0.05, 0) is 51.3 Å². The summed E-state index contributed by atoms with van der Waals surface area (Å²) >= 11 is 0. The van der Waals surface area contributed by atoms with E-state index in [0.29, 0.717) is 6.42 Å². The molecule has 4 heteroatoms. The molecule has 4 nitrogen and oxygen atoms in total. The van der Waals surface area contributed by atoms with Crippen LogP contribution in [0.15, 0.2) is 18.2 Å². The number of ether oxygens (including phenoxy) is 1. The number of hydrogen-bond acceptors (Lipinski definition) is 3. The lowest BCUT2D eigenvalue weighted by Gasteiger charge is -2.33. The Balaban J connectivity index is 1.89. The van der Waals surface area contributed by atoms with Crippen molar-refractivity contribution in [3.63, 3.8) is 0 Å². The van der Waals surface area contributed by atoms with Crippen LogP contribution in [-0.2, 0) is 11.2 Å². The number of rotatable bonds is 7. The number of nitrogens with zero attached hydrogens (tertiary/aromatic N) is 1. The summed E-state index contributed by atoms with van der Waals surface area (Å²) in [7, 11) is 1.65. The first-order valence-electron chi connectivity index (χ1n) is 9.17. The van der Waals surface area contributed by atoms with Gasteiger partial charge in [-0.15, -0.1) is 0 Å². The monoisotopic (exact) mass is 332 g/mol. The minimum absolute atomic E-state index is 0.0797. The van der Waals surface area contributed by atoms with Crippen LogP contribution in [0.2, 0.25) is 0 Å². The molecular formula is C20H32N2O2. The summed E-state index contributed by atoms with van der Waals surface area (Å²) in [5, 5.41) is 3.21. The molecule has 2 rings (SSSR count). The lowest BCUT2D eigenvalue weighted by Crippen LogP contribution is -2.46. The molecular weight excluding hydrogens is 300 g/mol. The van der Waals surface area contributed by atoms with E-state index in [9.17, 15) is 4.79 Å². The van der Waals surface area contributed by atoms with Crippen LogP contribution in [0.1, 0.15) is 44.2 Å². The molecule has 0 radical (unpaired) electrons. The second-order valence-electron chi connectivity index (χ2n) is 7.15. The summed E-state index contributed by atoms with van der Waals surface area (Å²) in [5.41, 5.74) is 2.10. The Hall–Kier alpha value is -1.55. The number of carbonyl (C=O) groups excluding carboxylic acids is 1. The van der Waals surface area contributed by atoms with Crippen LogP contribution in [0.4, 0.5) is 0 Å². The zero-order valence-electron chi connectivity index (χ0n) is 15.6. The molecule has 0 aromatic heterocycles. The van der Waals surface area contributed by atoms with Crippen molar-refractivity contribution in [2.24, 2.45) is 5.92 Å². The normalized spacial score (nSPS) is 17.5. The number of aryl methyl sites for hydroxylation is 1. The van der Waals surface area contributed by atoms with E-state index in [2.05, 4.69) is 24.1 Å². The maximum atomic E-state index is 12.5. The van der Waals surface area contributed by atoms with Crippen molar-refractivity contribution >= 4 is 5.91 Å². The van der Waals surface area contributed by atoms with Crippen LogP contribution in [0.5, 0.6) is 5.75 Å². The van der Waals surface area contributed by atoms with Gasteiger partial charge in [-0.2, -0.15) is 0 Å². The maximum absolute atomic E-state index is 12.5. The summed E-state index contributed by atoms with van der Waals surface area (Å²) in [6.07, 6.45) is 3.87. The molecule has 1 amide bonds.